The highest BCUT2D eigenvalue weighted by Crippen LogP contribution is 2.21. The van der Waals surface area contributed by atoms with Crippen molar-refractivity contribution in [3.63, 3.8) is 0 Å². The third-order valence-corrected chi connectivity index (χ3v) is 7.75. The van der Waals surface area contributed by atoms with Crippen LogP contribution < -0.4 is 21.3 Å². The van der Waals surface area contributed by atoms with Crippen molar-refractivity contribution < 1.29 is 23.9 Å². The molecule has 1 fully saturated rings. The van der Waals surface area contributed by atoms with E-state index in [2.05, 4.69) is 26.2 Å². The average molecular weight is 635 g/mol. The van der Waals surface area contributed by atoms with Gasteiger partial charge in [-0.15, -0.1) is 0 Å². The smallest absolute Gasteiger partial charge is 0.272 e. The van der Waals surface area contributed by atoms with Gasteiger partial charge in [0.15, 0.2) is 0 Å². The van der Waals surface area contributed by atoms with E-state index in [1.165, 1.54) is 0 Å². The number of nitrogens with one attached hydrogen (secondary N) is 4. The van der Waals surface area contributed by atoms with Crippen molar-refractivity contribution in [3.05, 3.63) is 88.7 Å². The molecule has 45 heavy (non-hydrogen) atoms. The van der Waals surface area contributed by atoms with Gasteiger partial charge in [0.2, 0.25) is 0 Å². The Hall–Kier alpha value is -4.85. The molecule has 0 atom stereocenters. The normalized spacial score (nSPS) is 13.3. The number of amides is 4. The topological polar surface area (TPSA) is 144 Å². The maximum Gasteiger partial charge on any atom is 0.272 e. The molecule has 4 N–H and O–H groups in total. The predicted molar refractivity (Wildman–Crippen MR) is 171 cm³/mol. The monoisotopic (exact) mass is 634 g/mol. The molecule has 5 rings (SSSR count). The first-order valence-corrected chi connectivity index (χ1v) is 14.7. The zero-order valence-corrected chi connectivity index (χ0v) is 26.0. The molecule has 4 amide bonds. The molecule has 4 heterocycles. The standard InChI is InChI=1S/C31H35ClN8O5/c1-37-18-21(14-25(37)29(42)33-8-9-40-10-12-45-13-11-40)35-31(44)27-16-22(19-39(27)3)36-30(43)26-15-20(17-38(26)2)34-28(41)23-6-4-5-7-24(23)32/h4-7,14-19H,8-13H2,1-3H3,(H,33,42)(H,34,41)(H,35,44)(H,36,43). The molecular formula is C31H35ClN8O5. The summed E-state index contributed by atoms with van der Waals surface area (Å²) in [6.45, 7) is 4.33. The Kier molecular flexibility index (Phi) is 9.71. The van der Waals surface area contributed by atoms with E-state index in [4.69, 9.17) is 16.3 Å². The number of anilines is 3. The van der Waals surface area contributed by atoms with Gasteiger partial charge in [-0.05, 0) is 30.3 Å². The summed E-state index contributed by atoms with van der Waals surface area (Å²) >= 11 is 6.12. The third-order valence-electron chi connectivity index (χ3n) is 7.42. The quantitative estimate of drug-likeness (QED) is 0.211. The van der Waals surface area contributed by atoms with E-state index >= 15 is 0 Å². The molecule has 13 nitrogen and oxygen atoms in total. The van der Waals surface area contributed by atoms with Crippen LogP contribution in [-0.4, -0.2) is 81.6 Å². The molecule has 14 heteroatoms. The number of carbonyl (C=O) groups excluding carboxylic acids is 4. The average Bonchev–Trinajstić information content (AvgIpc) is 3.68. The molecule has 1 aliphatic heterocycles. The van der Waals surface area contributed by atoms with Gasteiger partial charge in [-0.25, -0.2) is 0 Å². The van der Waals surface area contributed by atoms with Crippen molar-refractivity contribution >= 4 is 52.3 Å². The second-order valence-electron chi connectivity index (χ2n) is 10.7. The number of hydrogen-bond donors (Lipinski definition) is 4. The fourth-order valence-corrected chi connectivity index (χ4v) is 5.27. The molecule has 0 radical (unpaired) electrons. The summed E-state index contributed by atoms with van der Waals surface area (Å²) in [5, 5.41) is 11.6. The largest absolute Gasteiger partial charge is 0.379 e. The molecular weight excluding hydrogens is 600 g/mol. The number of benzene rings is 1. The fraction of sp³-hybridized carbons (Fsp3) is 0.290. The van der Waals surface area contributed by atoms with Gasteiger partial charge < -0.3 is 39.7 Å². The summed E-state index contributed by atoms with van der Waals surface area (Å²) in [5.41, 5.74) is 2.61. The van der Waals surface area contributed by atoms with Crippen LogP contribution >= 0.6 is 11.6 Å². The van der Waals surface area contributed by atoms with Crippen molar-refractivity contribution in [1.82, 2.24) is 23.9 Å². The summed E-state index contributed by atoms with van der Waals surface area (Å²) in [4.78, 5) is 53.8. The molecule has 236 valence electrons. The summed E-state index contributed by atoms with van der Waals surface area (Å²) in [6.07, 6.45) is 4.90. The van der Waals surface area contributed by atoms with Gasteiger partial charge in [-0.1, -0.05) is 23.7 Å². The van der Waals surface area contributed by atoms with Crippen molar-refractivity contribution in [3.8, 4) is 0 Å². The second kappa shape index (κ2) is 13.8. The zero-order chi connectivity index (χ0) is 32.1. The van der Waals surface area contributed by atoms with Crippen LogP contribution in [0.2, 0.25) is 5.02 Å². The minimum absolute atomic E-state index is 0.234. The van der Waals surface area contributed by atoms with E-state index < -0.39 is 17.7 Å². The lowest BCUT2D eigenvalue weighted by Gasteiger charge is -2.26. The highest BCUT2D eigenvalue weighted by atomic mass is 35.5. The number of rotatable bonds is 10. The van der Waals surface area contributed by atoms with Gasteiger partial charge in [-0.2, -0.15) is 0 Å². The van der Waals surface area contributed by atoms with Crippen molar-refractivity contribution in [1.29, 1.82) is 0 Å². The molecule has 3 aromatic heterocycles. The van der Waals surface area contributed by atoms with E-state index in [0.717, 1.165) is 19.6 Å². The van der Waals surface area contributed by atoms with Crippen LogP contribution in [0.15, 0.2) is 61.1 Å². The molecule has 0 saturated carbocycles. The Morgan fingerprint density at radius 3 is 1.69 bits per heavy atom. The van der Waals surface area contributed by atoms with Crippen LogP contribution in [0, 0.1) is 0 Å². The van der Waals surface area contributed by atoms with Crippen molar-refractivity contribution in [2.45, 2.75) is 0 Å². The van der Waals surface area contributed by atoms with Gasteiger partial charge in [0.1, 0.15) is 17.1 Å². The molecule has 4 aromatic rings. The first kappa shape index (κ1) is 31.6. The van der Waals surface area contributed by atoms with Gasteiger partial charge in [-0.3, -0.25) is 24.1 Å². The minimum atomic E-state index is -0.430. The van der Waals surface area contributed by atoms with Gasteiger partial charge in [0.05, 0.1) is 40.9 Å². The predicted octanol–water partition coefficient (Wildman–Crippen LogP) is 3.17. The van der Waals surface area contributed by atoms with Crippen LogP contribution in [-0.2, 0) is 25.9 Å². The van der Waals surface area contributed by atoms with E-state index in [0.29, 0.717) is 64.5 Å². The lowest BCUT2D eigenvalue weighted by molar-refractivity contribution is 0.0383. The first-order chi connectivity index (χ1) is 21.6. The van der Waals surface area contributed by atoms with E-state index in [1.54, 1.807) is 95.9 Å². The van der Waals surface area contributed by atoms with Crippen molar-refractivity contribution in [2.75, 3.05) is 55.3 Å². The number of morpholine rings is 1. The SMILES string of the molecule is Cn1cc(NC(=O)c2cc(NC(=O)c3cc(NC(=O)c4ccccc4Cl)cn3C)cn2C)cc1C(=O)NCCN1CCOCC1. The van der Waals surface area contributed by atoms with Crippen LogP contribution in [0.4, 0.5) is 17.1 Å². The lowest BCUT2D eigenvalue weighted by Crippen LogP contribution is -2.41. The molecule has 1 aromatic carbocycles. The summed E-state index contributed by atoms with van der Waals surface area (Å²) in [7, 11) is 5.11. The molecule has 1 aliphatic rings. The van der Waals surface area contributed by atoms with Crippen LogP contribution in [0.1, 0.15) is 41.8 Å². The maximum absolute atomic E-state index is 13.1. The number of halogens is 1. The van der Waals surface area contributed by atoms with Crippen LogP contribution in [0.25, 0.3) is 0 Å². The van der Waals surface area contributed by atoms with E-state index in [-0.39, 0.29) is 5.91 Å². The Labute approximate surface area is 265 Å². The lowest BCUT2D eigenvalue weighted by atomic mass is 10.2. The van der Waals surface area contributed by atoms with Crippen LogP contribution in [0.5, 0.6) is 0 Å². The first-order valence-electron chi connectivity index (χ1n) is 14.3. The third kappa shape index (κ3) is 7.63. The summed E-state index contributed by atoms with van der Waals surface area (Å²) in [5.74, 6) is -1.47. The molecule has 0 aliphatic carbocycles. The number of ether oxygens (including phenoxy) is 1. The fourth-order valence-electron chi connectivity index (χ4n) is 5.05. The number of hydrogen-bond acceptors (Lipinski definition) is 6. The zero-order valence-electron chi connectivity index (χ0n) is 25.2. The second-order valence-corrected chi connectivity index (χ2v) is 11.1. The number of aromatic nitrogens is 3. The number of nitrogens with zero attached hydrogens (tertiary/aromatic N) is 4. The van der Waals surface area contributed by atoms with Crippen molar-refractivity contribution in [2.24, 2.45) is 21.1 Å². The van der Waals surface area contributed by atoms with Crippen LogP contribution in [0.3, 0.4) is 0 Å². The number of carbonyl (C=O) groups is 4. The summed E-state index contributed by atoms with van der Waals surface area (Å²) in [6, 6.07) is 11.4. The van der Waals surface area contributed by atoms with Gasteiger partial charge in [0.25, 0.3) is 23.6 Å². The van der Waals surface area contributed by atoms with E-state index in [1.807, 2.05) is 0 Å². The van der Waals surface area contributed by atoms with Gasteiger partial charge in [0, 0.05) is 65.9 Å². The Bertz CT molecular complexity index is 1730. The number of aryl methyl sites for hydroxylation is 3. The highest BCUT2D eigenvalue weighted by Gasteiger charge is 2.20. The highest BCUT2D eigenvalue weighted by molar-refractivity contribution is 6.34. The van der Waals surface area contributed by atoms with E-state index in [9.17, 15) is 19.2 Å². The molecule has 0 unspecified atom stereocenters. The summed E-state index contributed by atoms with van der Waals surface area (Å²) < 4.78 is 10.2. The Balaban J connectivity index is 1.17. The Morgan fingerprint density at radius 2 is 1.18 bits per heavy atom. The molecule has 1 saturated heterocycles. The van der Waals surface area contributed by atoms with Gasteiger partial charge >= 0.3 is 0 Å². The maximum atomic E-state index is 13.1. The Morgan fingerprint density at radius 1 is 0.711 bits per heavy atom. The molecule has 0 spiro atoms. The molecule has 0 bridgehead atoms. The minimum Gasteiger partial charge on any atom is -0.379 e.